The molecule has 11 nitrogen and oxygen atoms in total. The molecule has 0 saturated carbocycles. The topological polar surface area (TPSA) is 194 Å². The van der Waals surface area contributed by atoms with Gasteiger partial charge in [-0.3, -0.25) is 19.2 Å². The van der Waals surface area contributed by atoms with Crippen LogP contribution in [0.3, 0.4) is 0 Å². The third-order valence-corrected chi connectivity index (χ3v) is 3.72. The molecule has 0 aliphatic heterocycles. The Hall–Kier alpha value is -2.69. The van der Waals surface area contributed by atoms with E-state index in [2.05, 4.69) is 16.0 Å². The molecule has 0 aromatic heterocycles. The van der Waals surface area contributed by atoms with Gasteiger partial charge in [0.15, 0.2) is 0 Å². The first kappa shape index (κ1) is 24.3. The van der Waals surface area contributed by atoms with Crippen molar-refractivity contribution in [1.82, 2.24) is 16.0 Å². The minimum atomic E-state index is -1.30. The van der Waals surface area contributed by atoms with Crippen molar-refractivity contribution in [2.45, 2.75) is 52.2 Å². The summed E-state index contributed by atoms with van der Waals surface area (Å²) in [4.78, 5) is 58.8. The van der Waals surface area contributed by atoms with Crippen LogP contribution in [0.5, 0.6) is 0 Å². The standard InChI is InChI=1S/C16H29N5O6/c1-7(2)12(15(25)21-13(8(3)4)16(26)27)20-14(24)9(5-10(18)22)19-11(23)6-17/h7-9,12-13H,5-6,17H2,1-4H3,(H2,18,22)(H,19,23)(H,20,24)(H,21,25)(H,26,27). The molecule has 3 atom stereocenters. The molecule has 0 saturated heterocycles. The van der Waals surface area contributed by atoms with Crippen LogP contribution in [0.25, 0.3) is 0 Å². The molecule has 0 aliphatic rings. The van der Waals surface area contributed by atoms with Crippen LogP contribution in [0.15, 0.2) is 0 Å². The van der Waals surface area contributed by atoms with Crippen molar-refractivity contribution < 1.29 is 29.1 Å². The molecule has 154 valence electrons. The molecule has 0 aromatic rings. The van der Waals surface area contributed by atoms with Gasteiger partial charge in [0.2, 0.25) is 23.6 Å². The number of carbonyl (C=O) groups excluding carboxylic acids is 4. The molecule has 0 bridgehead atoms. The van der Waals surface area contributed by atoms with Crippen LogP contribution >= 0.6 is 0 Å². The van der Waals surface area contributed by atoms with Gasteiger partial charge in [-0.25, -0.2) is 4.79 Å². The lowest BCUT2D eigenvalue weighted by atomic mass is 9.99. The molecule has 0 aromatic carbocycles. The zero-order valence-corrected chi connectivity index (χ0v) is 15.9. The number of hydrogen-bond acceptors (Lipinski definition) is 6. The number of nitrogens with two attached hydrogens (primary N) is 2. The van der Waals surface area contributed by atoms with Crippen molar-refractivity contribution >= 4 is 29.6 Å². The van der Waals surface area contributed by atoms with Crippen LogP contribution in [-0.2, 0) is 24.0 Å². The van der Waals surface area contributed by atoms with E-state index in [9.17, 15) is 29.1 Å². The number of primary amides is 1. The lowest BCUT2D eigenvalue weighted by Crippen LogP contribution is -2.58. The zero-order valence-electron chi connectivity index (χ0n) is 15.9. The van der Waals surface area contributed by atoms with Crippen molar-refractivity contribution in [3.8, 4) is 0 Å². The number of rotatable bonds is 11. The third kappa shape index (κ3) is 8.49. The van der Waals surface area contributed by atoms with Gasteiger partial charge in [-0.05, 0) is 11.8 Å². The summed E-state index contributed by atoms with van der Waals surface area (Å²) < 4.78 is 0. The molecule has 0 aliphatic carbocycles. The van der Waals surface area contributed by atoms with Crippen LogP contribution in [-0.4, -0.2) is 59.4 Å². The Morgan fingerprint density at radius 1 is 0.852 bits per heavy atom. The highest BCUT2D eigenvalue weighted by atomic mass is 16.4. The summed E-state index contributed by atoms with van der Waals surface area (Å²) in [6.45, 7) is 6.17. The summed E-state index contributed by atoms with van der Waals surface area (Å²) in [5.74, 6) is -4.97. The minimum Gasteiger partial charge on any atom is -0.480 e. The maximum Gasteiger partial charge on any atom is 0.326 e. The van der Waals surface area contributed by atoms with Crippen LogP contribution in [0.2, 0.25) is 0 Å². The van der Waals surface area contributed by atoms with Gasteiger partial charge in [-0.1, -0.05) is 27.7 Å². The molecule has 11 heteroatoms. The third-order valence-electron chi connectivity index (χ3n) is 3.72. The van der Waals surface area contributed by atoms with Gasteiger partial charge in [0.25, 0.3) is 0 Å². The number of carboxylic acid groups (broad SMARTS) is 1. The lowest BCUT2D eigenvalue weighted by Gasteiger charge is -2.27. The Labute approximate surface area is 157 Å². The van der Waals surface area contributed by atoms with Gasteiger partial charge in [0.1, 0.15) is 18.1 Å². The Balaban J connectivity index is 5.31. The lowest BCUT2D eigenvalue weighted by molar-refractivity contribution is -0.144. The maximum absolute atomic E-state index is 12.5. The zero-order chi connectivity index (χ0) is 21.3. The summed E-state index contributed by atoms with van der Waals surface area (Å²) in [5.41, 5.74) is 10.3. The fourth-order valence-corrected chi connectivity index (χ4v) is 2.21. The smallest absolute Gasteiger partial charge is 0.326 e. The van der Waals surface area contributed by atoms with Gasteiger partial charge < -0.3 is 32.5 Å². The molecule has 27 heavy (non-hydrogen) atoms. The van der Waals surface area contributed by atoms with E-state index in [1.54, 1.807) is 27.7 Å². The molecule has 3 unspecified atom stereocenters. The molecular formula is C16H29N5O6. The second kappa shape index (κ2) is 11.1. The van der Waals surface area contributed by atoms with E-state index in [0.717, 1.165) is 0 Å². The van der Waals surface area contributed by atoms with E-state index >= 15 is 0 Å². The predicted molar refractivity (Wildman–Crippen MR) is 96.0 cm³/mol. The Morgan fingerprint density at radius 3 is 1.70 bits per heavy atom. The fraction of sp³-hybridized carbons (Fsp3) is 0.688. The summed E-state index contributed by atoms with van der Waals surface area (Å²) in [6.07, 6.45) is -0.478. The SMILES string of the molecule is CC(C)C(NC(=O)C(NC(=O)C(CC(N)=O)NC(=O)CN)C(C)C)C(=O)O. The van der Waals surface area contributed by atoms with E-state index in [1.165, 1.54) is 0 Å². The van der Waals surface area contributed by atoms with Crippen LogP contribution in [0.1, 0.15) is 34.1 Å². The maximum atomic E-state index is 12.5. The van der Waals surface area contributed by atoms with Crippen LogP contribution < -0.4 is 27.4 Å². The molecule has 4 amide bonds. The molecule has 0 spiro atoms. The Kier molecular flexibility index (Phi) is 10.0. The molecule has 0 heterocycles. The van der Waals surface area contributed by atoms with E-state index in [0.29, 0.717) is 0 Å². The van der Waals surface area contributed by atoms with Crippen molar-refractivity contribution in [2.24, 2.45) is 23.3 Å². The number of amides is 4. The van der Waals surface area contributed by atoms with Crippen molar-refractivity contribution in [2.75, 3.05) is 6.54 Å². The molecule has 8 N–H and O–H groups in total. The van der Waals surface area contributed by atoms with Gasteiger partial charge in [0.05, 0.1) is 13.0 Å². The largest absolute Gasteiger partial charge is 0.480 e. The average Bonchev–Trinajstić information content (AvgIpc) is 2.54. The summed E-state index contributed by atoms with van der Waals surface area (Å²) >= 11 is 0. The Bertz CT molecular complexity index is 578. The molecular weight excluding hydrogens is 358 g/mol. The second-order valence-corrected chi connectivity index (χ2v) is 6.79. The number of carbonyl (C=O) groups is 5. The monoisotopic (exact) mass is 387 g/mol. The van der Waals surface area contributed by atoms with E-state index < -0.39 is 66.6 Å². The predicted octanol–water partition coefficient (Wildman–Crippen LogP) is -2.33. The van der Waals surface area contributed by atoms with E-state index in [4.69, 9.17) is 11.5 Å². The highest BCUT2D eigenvalue weighted by Crippen LogP contribution is 2.07. The molecule has 0 fully saturated rings. The first-order valence-electron chi connectivity index (χ1n) is 8.51. The highest BCUT2D eigenvalue weighted by molar-refractivity contribution is 5.95. The van der Waals surface area contributed by atoms with Crippen molar-refractivity contribution in [3.05, 3.63) is 0 Å². The van der Waals surface area contributed by atoms with Crippen LogP contribution in [0.4, 0.5) is 0 Å². The normalized spacial score (nSPS) is 14.2. The van der Waals surface area contributed by atoms with Gasteiger partial charge in [0, 0.05) is 0 Å². The van der Waals surface area contributed by atoms with Gasteiger partial charge in [-0.15, -0.1) is 0 Å². The van der Waals surface area contributed by atoms with Gasteiger partial charge in [-0.2, -0.15) is 0 Å². The van der Waals surface area contributed by atoms with E-state index in [1.807, 2.05) is 0 Å². The number of carboxylic acids is 1. The number of hydrogen-bond donors (Lipinski definition) is 6. The minimum absolute atomic E-state index is 0.374. The first-order chi connectivity index (χ1) is 12.4. The molecule has 0 rings (SSSR count). The summed E-state index contributed by atoms with van der Waals surface area (Å²) in [7, 11) is 0. The second-order valence-electron chi connectivity index (χ2n) is 6.79. The van der Waals surface area contributed by atoms with Crippen LogP contribution in [0, 0.1) is 11.8 Å². The quantitative estimate of drug-likeness (QED) is 0.229. The van der Waals surface area contributed by atoms with Crippen molar-refractivity contribution in [1.29, 1.82) is 0 Å². The number of nitrogens with one attached hydrogen (secondary N) is 3. The summed E-state index contributed by atoms with van der Waals surface area (Å²) in [5, 5.41) is 16.3. The van der Waals surface area contributed by atoms with Crippen molar-refractivity contribution in [3.63, 3.8) is 0 Å². The molecule has 0 radical (unpaired) electrons. The number of aliphatic carboxylic acids is 1. The fourth-order valence-electron chi connectivity index (χ4n) is 2.21. The Morgan fingerprint density at radius 2 is 1.33 bits per heavy atom. The highest BCUT2D eigenvalue weighted by Gasteiger charge is 2.32. The first-order valence-corrected chi connectivity index (χ1v) is 8.51. The van der Waals surface area contributed by atoms with E-state index in [-0.39, 0.29) is 5.92 Å². The van der Waals surface area contributed by atoms with Gasteiger partial charge >= 0.3 is 5.97 Å². The average molecular weight is 387 g/mol. The summed E-state index contributed by atoms with van der Waals surface area (Å²) in [6, 6.07) is -3.51.